The summed E-state index contributed by atoms with van der Waals surface area (Å²) in [6.45, 7) is 9.48. The molecular formula is C30H35NO4. The largest absolute Gasteiger partial charge is 0.493 e. The molecular weight excluding hydrogens is 438 g/mol. The zero-order chi connectivity index (χ0) is 25.0. The van der Waals surface area contributed by atoms with Crippen molar-refractivity contribution in [2.45, 2.75) is 45.4 Å². The average molecular weight is 474 g/mol. The van der Waals surface area contributed by atoms with Crippen LogP contribution in [0.1, 0.15) is 56.0 Å². The van der Waals surface area contributed by atoms with Crippen LogP contribution in [0.15, 0.2) is 60.7 Å². The molecule has 0 aliphatic carbocycles. The predicted octanol–water partition coefficient (Wildman–Crippen LogP) is 6.38. The number of ether oxygens (including phenoxy) is 1. The van der Waals surface area contributed by atoms with Gasteiger partial charge in [-0.1, -0.05) is 45.0 Å². The Kier molecular flexibility index (Phi) is 7.46. The molecule has 1 heterocycles. The Balaban J connectivity index is 1.79. The van der Waals surface area contributed by atoms with Gasteiger partial charge in [0.15, 0.2) is 0 Å². The van der Waals surface area contributed by atoms with Crippen LogP contribution in [0, 0.1) is 0 Å². The van der Waals surface area contributed by atoms with E-state index < -0.39 is 5.97 Å². The number of aliphatic hydroxyl groups excluding tert-OH is 1. The molecule has 2 N–H and O–H groups in total. The summed E-state index contributed by atoms with van der Waals surface area (Å²) in [5.41, 5.74) is 6.88. The SMILES string of the molecule is CC(C)(C)c1cc(-c2cc(-c3ccc(C(=O)O)cc3)ccc2OCCCO)ccc1N1CCCC1. The first-order valence-corrected chi connectivity index (χ1v) is 12.4. The molecule has 3 aromatic carbocycles. The second kappa shape index (κ2) is 10.5. The molecule has 5 nitrogen and oxygen atoms in total. The Labute approximate surface area is 208 Å². The third-order valence-corrected chi connectivity index (χ3v) is 6.57. The Hall–Kier alpha value is -3.31. The summed E-state index contributed by atoms with van der Waals surface area (Å²) in [6, 6.07) is 19.7. The molecule has 0 spiro atoms. The lowest BCUT2D eigenvalue weighted by Crippen LogP contribution is -2.23. The number of hydrogen-bond acceptors (Lipinski definition) is 4. The minimum absolute atomic E-state index is 0.0177. The van der Waals surface area contributed by atoms with Crippen molar-refractivity contribution in [1.29, 1.82) is 0 Å². The first-order chi connectivity index (χ1) is 16.8. The Morgan fingerprint density at radius 1 is 0.914 bits per heavy atom. The lowest BCUT2D eigenvalue weighted by atomic mass is 9.83. The van der Waals surface area contributed by atoms with Gasteiger partial charge in [-0.05, 0) is 76.9 Å². The minimum atomic E-state index is -0.933. The van der Waals surface area contributed by atoms with Crippen molar-refractivity contribution >= 4 is 11.7 Å². The fourth-order valence-corrected chi connectivity index (χ4v) is 4.65. The van der Waals surface area contributed by atoms with E-state index in [1.807, 2.05) is 24.3 Å². The summed E-state index contributed by atoms with van der Waals surface area (Å²) in [7, 11) is 0. The second-order valence-electron chi connectivity index (χ2n) is 10.2. The molecule has 0 atom stereocenters. The van der Waals surface area contributed by atoms with Crippen LogP contribution in [0.5, 0.6) is 5.75 Å². The number of carboxylic acid groups (broad SMARTS) is 1. The van der Waals surface area contributed by atoms with E-state index in [-0.39, 0.29) is 17.6 Å². The first-order valence-electron chi connectivity index (χ1n) is 12.4. The quantitative estimate of drug-likeness (QED) is 0.372. The minimum Gasteiger partial charge on any atom is -0.493 e. The van der Waals surface area contributed by atoms with Gasteiger partial charge in [-0.15, -0.1) is 0 Å². The van der Waals surface area contributed by atoms with Gasteiger partial charge >= 0.3 is 5.97 Å². The number of nitrogens with zero attached hydrogens (tertiary/aromatic N) is 1. The van der Waals surface area contributed by atoms with Gasteiger partial charge in [-0.2, -0.15) is 0 Å². The standard InChI is InChI=1S/C30H35NO4/c1-30(2,3)26-20-24(11-13-27(26)31-15-4-5-16-31)25-19-23(12-14-28(25)35-18-6-17-32)21-7-9-22(10-8-21)29(33)34/h7-14,19-20,32H,4-6,15-18H2,1-3H3,(H,33,34). The molecule has 0 saturated carbocycles. The lowest BCUT2D eigenvalue weighted by Gasteiger charge is -2.29. The van der Waals surface area contributed by atoms with Crippen LogP contribution in [0.25, 0.3) is 22.3 Å². The van der Waals surface area contributed by atoms with Crippen molar-refractivity contribution in [3.05, 3.63) is 71.8 Å². The predicted molar refractivity (Wildman–Crippen MR) is 142 cm³/mol. The van der Waals surface area contributed by atoms with Crippen LogP contribution >= 0.6 is 0 Å². The Morgan fingerprint density at radius 2 is 1.57 bits per heavy atom. The number of aliphatic hydroxyl groups is 1. The van der Waals surface area contributed by atoms with Gasteiger partial charge in [0.05, 0.1) is 12.2 Å². The van der Waals surface area contributed by atoms with E-state index in [0.717, 1.165) is 41.1 Å². The summed E-state index contributed by atoms with van der Waals surface area (Å²) in [4.78, 5) is 13.7. The summed E-state index contributed by atoms with van der Waals surface area (Å²) < 4.78 is 6.08. The topological polar surface area (TPSA) is 70.0 Å². The van der Waals surface area contributed by atoms with Crippen LogP contribution in [-0.4, -0.2) is 42.5 Å². The number of anilines is 1. The maximum absolute atomic E-state index is 11.3. The van der Waals surface area contributed by atoms with Crippen molar-refractivity contribution in [3.8, 4) is 28.0 Å². The molecule has 3 aromatic rings. The molecule has 0 amide bonds. The van der Waals surface area contributed by atoms with E-state index in [0.29, 0.717) is 13.0 Å². The van der Waals surface area contributed by atoms with Gasteiger partial charge in [0.1, 0.15) is 5.75 Å². The highest BCUT2D eigenvalue weighted by atomic mass is 16.5. The van der Waals surface area contributed by atoms with Crippen molar-refractivity contribution in [2.75, 3.05) is 31.2 Å². The van der Waals surface area contributed by atoms with Gasteiger partial charge in [0.2, 0.25) is 0 Å². The van der Waals surface area contributed by atoms with Gasteiger partial charge in [0, 0.05) is 37.4 Å². The zero-order valence-corrected chi connectivity index (χ0v) is 20.9. The number of rotatable bonds is 8. The first kappa shape index (κ1) is 24.8. The van der Waals surface area contributed by atoms with Gasteiger partial charge in [-0.25, -0.2) is 4.79 Å². The third-order valence-electron chi connectivity index (χ3n) is 6.57. The van der Waals surface area contributed by atoms with E-state index >= 15 is 0 Å². The number of carbonyl (C=O) groups is 1. The van der Waals surface area contributed by atoms with Crippen LogP contribution < -0.4 is 9.64 Å². The molecule has 1 saturated heterocycles. The molecule has 0 aromatic heterocycles. The van der Waals surface area contributed by atoms with Crippen LogP contribution in [0.2, 0.25) is 0 Å². The fraction of sp³-hybridized carbons (Fsp3) is 0.367. The summed E-state index contributed by atoms with van der Waals surface area (Å²) in [6.07, 6.45) is 3.03. The molecule has 184 valence electrons. The zero-order valence-electron chi connectivity index (χ0n) is 20.9. The van der Waals surface area contributed by atoms with Gasteiger partial charge in [-0.3, -0.25) is 0 Å². The second-order valence-corrected chi connectivity index (χ2v) is 10.2. The van der Waals surface area contributed by atoms with Crippen molar-refractivity contribution in [2.24, 2.45) is 0 Å². The summed E-state index contributed by atoms with van der Waals surface area (Å²) in [5.74, 6) is -0.157. The number of hydrogen-bond donors (Lipinski definition) is 2. The molecule has 0 radical (unpaired) electrons. The molecule has 0 unspecified atom stereocenters. The Bertz CT molecular complexity index is 1170. The molecule has 35 heavy (non-hydrogen) atoms. The molecule has 1 fully saturated rings. The fourth-order valence-electron chi connectivity index (χ4n) is 4.65. The number of benzene rings is 3. The van der Waals surface area contributed by atoms with E-state index in [4.69, 9.17) is 4.74 Å². The van der Waals surface area contributed by atoms with Crippen LogP contribution in [0.4, 0.5) is 5.69 Å². The highest BCUT2D eigenvalue weighted by molar-refractivity contribution is 5.88. The molecule has 4 rings (SSSR count). The monoisotopic (exact) mass is 473 g/mol. The van der Waals surface area contributed by atoms with E-state index in [2.05, 4.69) is 49.9 Å². The van der Waals surface area contributed by atoms with E-state index in [1.54, 1.807) is 12.1 Å². The van der Waals surface area contributed by atoms with Crippen molar-refractivity contribution in [3.63, 3.8) is 0 Å². The number of carboxylic acids is 1. The maximum atomic E-state index is 11.3. The van der Waals surface area contributed by atoms with Gasteiger partial charge in [0.25, 0.3) is 0 Å². The van der Waals surface area contributed by atoms with Crippen molar-refractivity contribution in [1.82, 2.24) is 0 Å². The Morgan fingerprint density at radius 3 is 2.20 bits per heavy atom. The van der Waals surface area contributed by atoms with Crippen LogP contribution in [-0.2, 0) is 5.41 Å². The van der Waals surface area contributed by atoms with Gasteiger partial charge < -0.3 is 19.8 Å². The van der Waals surface area contributed by atoms with Crippen LogP contribution in [0.3, 0.4) is 0 Å². The average Bonchev–Trinajstić information content (AvgIpc) is 3.38. The third kappa shape index (κ3) is 5.68. The number of aromatic carboxylic acids is 1. The van der Waals surface area contributed by atoms with Crippen molar-refractivity contribution < 1.29 is 19.7 Å². The van der Waals surface area contributed by atoms with E-state index in [9.17, 15) is 15.0 Å². The summed E-state index contributed by atoms with van der Waals surface area (Å²) in [5, 5.41) is 18.5. The molecule has 1 aliphatic rings. The smallest absolute Gasteiger partial charge is 0.335 e. The molecule has 0 bridgehead atoms. The highest BCUT2D eigenvalue weighted by Crippen LogP contribution is 2.40. The molecule has 5 heteroatoms. The maximum Gasteiger partial charge on any atom is 0.335 e. The summed E-state index contributed by atoms with van der Waals surface area (Å²) >= 11 is 0. The van der Waals surface area contributed by atoms with E-state index in [1.165, 1.54) is 24.1 Å². The lowest BCUT2D eigenvalue weighted by molar-refractivity contribution is 0.0697. The molecule has 1 aliphatic heterocycles. The highest BCUT2D eigenvalue weighted by Gasteiger charge is 2.24. The normalized spacial score (nSPS) is 13.8.